The first kappa shape index (κ1) is 14.4. The second kappa shape index (κ2) is 6.83. The summed E-state index contributed by atoms with van der Waals surface area (Å²) in [5.74, 6) is -0.545. The molecule has 0 bridgehead atoms. The lowest BCUT2D eigenvalue weighted by Crippen LogP contribution is -2.51. The van der Waals surface area contributed by atoms with Gasteiger partial charge in [-0.1, -0.05) is 13.8 Å². The molecule has 0 aromatic heterocycles. The van der Waals surface area contributed by atoms with E-state index in [0.717, 1.165) is 0 Å². The van der Waals surface area contributed by atoms with Crippen LogP contribution in [0.25, 0.3) is 0 Å². The summed E-state index contributed by atoms with van der Waals surface area (Å²) < 4.78 is 3.42. The maximum atomic E-state index is 11.5. The van der Waals surface area contributed by atoms with Crippen LogP contribution in [0.3, 0.4) is 0 Å². The summed E-state index contributed by atoms with van der Waals surface area (Å²) in [4.78, 5) is 22.4. The van der Waals surface area contributed by atoms with E-state index in [2.05, 4.69) is 15.4 Å². The molecule has 0 radical (unpaired) electrons. The Morgan fingerprint density at radius 2 is 1.87 bits per heavy atom. The Morgan fingerprint density at radius 3 is 2.20 bits per heavy atom. The summed E-state index contributed by atoms with van der Waals surface area (Å²) in [6.07, 6.45) is -0.674. The summed E-state index contributed by atoms with van der Waals surface area (Å²) in [6.45, 7) is 3.56. The summed E-state index contributed by atoms with van der Waals surface area (Å²) in [7, 11) is 1.22. The van der Waals surface area contributed by atoms with Crippen molar-refractivity contribution in [2.24, 2.45) is 5.92 Å². The summed E-state index contributed by atoms with van der Waals surface area (Å²) >= 11 is 1.64. The number of aliphatic hydroxyl groups is 1. The number of methoxy groups -OCH3 is 1. The fourth-order valence-electron chi connectivity index (χ4n) is 0.928. The van der Waals surface area contributed by atoms with Crippen molar-refractivity contribution in [3.05, 3.63) is 0 Å². The lowest BCUT2D eigenvalue weighted by atomic mass is 10.0. The third kappa shape index (κ3) is 5.78. The van der Waals surface area contributed by atoms with Gasteiger partial charge in [-0.25, -0.2) is 4.79 Å². The Hall–Kier alpha value is -0.570. The first-order valence-electron chi connectivity index (χ1n) is 4.35. The monoisotopic (exact) mass is 330 g/mol. The van der Waals surface area contributed by atoms with Crippen LogP contribution in [-0.2, 0) is 9.53 Å². The smallest absolute Gasteiger partial charge is 0.407 e. The molecule has 0 saturated carbocycles. The van der Waals surface area contributed by atoms with Crippen molar-refractivity contribution in [1.29, 1.82) is 0 Å². The van der Waals surface area contributed by atoms with Crippen LogP contribution in [0.2, 0.25) is 0 Å². The normalized spacial score (nSPS) is 14.3. The molecule has 0 heterocycles. The van der Waals surface area contributed by atoms with E-state index in [9.17, 15) is 9.59 Å². The number of hydrogen-bond donors (Lipinski definition) is 3. The van der Waals surface area contributed by atoms with E-state index in [1.807, 2.05) is 0 Å². The second-order valence-corrected chi connectivity index (χ2v) is 4.38. The van der Waals surface area contributed by atoms with Gasteiger partial charge in [-0.3, -0.25) is 4.79 Å². The highest BCUT2D eigenvalue weighted by Crippen LogP contribution is 2.03. The van der Waals surface area contributed by atoms with E-state index in [4.69, 9.17) is 5.11 Å². The molecule has 0 aromatic rings. The molecule has 0 aromatic carbocycles. The van der Waals surface area contributed by atoms with Gasteiger partial charge in [0.25, 0.3) is 0 Å². The predicted octanol–water partition coefficient (Wildman–Crippen LogP) is 0.194. The molecule has 2 amide bonds. The zero-order valence-corrected chi connectivity index (χ0v) is 10.9. The molecule has 15 heavy (non-hydrogen) atoms. The largest absolute Gasteiger partial charge is 0.453 e. The van der Waals surface area contributed by atoms with Crippen molar-refractivity contribution in [3.8, 4) is 0 Å². The topological polar surface area (TPSA) is 87.7 Å². The molecule has 0 aliphatic rings. The molecule has 0 spiro atoms. The Morgan fingerprint density at radius 1 is 1.33 bits per heavy atom. The van der Waals surface area contributed by atoms with E-state index in [1.54, 1.807) is 36.4 Å². The van der Waals surface area contributed by atoms with Crippen LogP contribution >= 0.6 is 22.6 Å². The van der Waals surface area contributed by atoms with Gasteiger partial charge in [0.2, 0.25) is 5.91 Å². The highest BCUT2D eigenvalue weighted by molar-refractivity contribution is 14.1. The number of alkyl carbamates (subject to hydrolysis) is 1. The van der Waals surface area contributed by atoms with Crippen LogP contribution in [0, 0.1) is 5.92 Å². The highest BCUT2D eigenvalue weighted by Gasteiger charge is 2.25. The Kier molecular flexibility index (Phi) is 6.57. The molecule has 88 valence electrons. The molecule has 3 N–H and O–H groups in total. The van der Waals surface area contributed by atoms with Crippen LogP contribution < -0.4 is 10.6 Å². The molecule has 0 aliphatic heterocycles. The first-order valence-corrected chi connectivity index (χ1v) is 5.60. The number of hydrogen-bond acceptors (Lipinski definition) is 4. The Balaban J connectivity index is 4.39. The Labute approximate surface area is 102 Å². The molecule has 0 saturated heterocycles. The number of carbonyl (C=O) groups excluding carboxylic acids is 2. The Bertz CT molecular complexity index is 233. The van der Waals surface area contributed by atoms with Crippen LogP contribution in [0.15, 0.2) is 0 Å². The van der Waals surface area contributed by atoms with Crippen molar-refractivity contribution < 1.29 is 19.4 Å². The maximum absolute atomic E-state index is 11.5. The first-order chi connectivity index (χ1) is 6.88. The molecule has 2 atom stereocenters. The quantitative estimate of drug-likeness (QED) is 0.297. The number of ether oxygens (including phenoxy) is 1. The third-order valence-corrected chi connectivity index (χ3v) is 1.98. The number of aliphatic hydroxyl groups excluding tert-OH is 1. The van der Waals surface area contributed by atoms with Gasteiger partial charge in [-0.2, -0.15) is 0 Å². The van der Waals surface area contributed by atoms with Gasteiger partial charge in [0.15, 0.2) is 4.23 Å². The van der Waals surface area contributed by atoms with Crippen molar-refractivity contribution in [1.82, 2.24) is 10.6 Å². The van der Waals surface area contributed by atoms with Crippen molar-refractivity contribution in [3.63, 3.8) is 0 Å². The summed E-state index contributed by atoms with van der Waals surface area (Å²) in [5, 5.41) is 13.6. The van der Waals surface area contributed by atoms with Crippen LogP contribution in [-0.4, -0.2) is 34.5 Å². The van der Waals surface area contributed by atoms with Crippen molar-refractivity contribution in [2.45, 2.75) is 24.1 Å². The van der Waals surface area contributed by atoms with Crippen LogP contribution in [0.5, 0.6) is 0 Å². The minimum atomic E-state index is -0.976. The maximum Gasteiger partial charge on any atom is 0.407 e. The second-order valence-electron chi connectivity index (χ2n) is 3.20. The lowest BCUT2D eigenvalue weighted by Gasteiger charge is -2.21. The average molecular weight is 330 g/mol. The van der Waals surface area contributed by atoms with Crippen molar-refractivity contribution >= 4 is 34.6 Å². The number of carbonyl (C=O) groups is 2. The van der Waals surface area contributed by atoms with Gasteiger partial charge in [0.05, 0.1) is 7.11 Å². The lowest BCUT2D eigenvalue weighted by molar-refractivity contribution is -0.125. The molecule has 0 unspecified atom stereocenters. The van der Waals surface area contributed by atoms with Gasteiger partial charge in [0, 0.05) is 0 Å². The molecular formula is C8H15IN2O4. The summed E-state index contributed by atoms with van der Waals surface area (Å²) in [6, 6.07) is -0.720. The minimum absolute atomic E-state index is 0.0979. The van der Waals surface area contributed by atoms with Gasteiger partial charge in [0.1, 0.15) is 6.04 Å². The zero-order chi connectivity index (χ0) is 12.0. The van der Waals surface area contributed by atoms with E-state index >= 15 is 0 Å². The van der Waals surface area contributed by atoms with Gasteiger partial charge in [-0.15, -0.1) is 0 Å². The standard InChI is InChI=1S/C8H15IN2O4/c1-4(2)5(10-8(14)15-3)6(12)11-7(9)13/h4-5,7,13H,1-3H3,(H,10,14)(H,11,12)/t5-,7-/m0/s1. The molecule has 0 fully saturated rings. The van der Waals surface area contributed by atoms with E-state index in [-0.39, 0.29) is 5.92 Å². The minimum Gasteiger partial charge on any atom is -0.453 e. The fraction of sp³-hybridized carbons (Fsp3) is 0.750. The molecule has 0 rings (SSSR count). The van der Waals surface area contributed by atoms with Crippen LogP contribution in [0.1, 0.15) is 13.8 Å². The average Bonchev–Trinajstić information content (AvgIpc) is 2.11. The number of nitrogens with one attached hydrogen (secondary N) is 2. The summed E-state index contributed by atoms with van der Waals surface area (Å²) in [5.41, 5.74) is 0. The van der Waals surface area contributed by atoms with Gasteiger partial charge < -0.3 is 20.5 Å². The highest BCUT2D eigenvalue weighted by atomic mass is 127. The van der Waals surface area contributed by atoms with Crippen LogP contribution in [0.4, 0.5) is 4.79 Å². The van der Waals surface area contributed by atoms with E-state index in [0.29, 0.717) is 0 Å². The number of halogens is 1. The predicted molar refractivity (Wildman–Crippen MR) is 62.3 cm³/mol. The SMILES string of the molecule is COC(=O)N[C@H](C(=O)N[C@@H](O)I)C(C)C. The molecule has 0 aliphatic carbocycles. The number of amides is 2. The molecule has 6 nitrogen and oxygen atoms in total. The molecular weight excluding hydrogens is 315 g/mol. The van der Waals surface area contributed by atoms with E-state index in [1.165, 1.54) is 7.11 Å². The number of rotatable bonds is 4. The van der Waals surface area contributed by atoms with E-state index < -0.39 is 22.3 Å². The number of alkyl halides is 1. The third-order valence-electron chi connectivity index (χ3n) is 1.67. The zero-order valence-electron chi connectivity index (χ0n) is 8.78. The van der Waals surface area contributed by atoms with Crippen molar-refractivity contribution in [2.75, 3.05) is 7.11 Å². The molecule has 7 heteroatoms. The fourth-order valence-corrected chi connectivity index (χ4v) is 1.23. The van der Waals surface area contributed by atoms with Gasteiger partial charge >= 0.3 is 6.09 Å². The van der Waals surface area contributed by atoms with Gasteiger partial charge in [-0.05, 0) is 28.5 Å².